The van der Waals surface area contributed by atoms with Crippen LogP contribution >= 0.6 is 11.8 Å². The second-order valence-electron chi connectivity index (χ2n) is 4.76. The summed E-state index contributed by atoms with van der Waals surface area (Å²) < 4.78 is 0. The molecular weight excluding hydrogens is 244 g/mol. The van der Waals surface area contributed by atoms with Gasteiger partial charge in [0, 0.05) is 16.6 Å². The lowest BCUT2D eigenvalue weighted by Gasteiger charge is -2.22. The summed E-state index contributed by atoms with van der Waals surface area (Å²) in [6.07, 6.45) is 6.08. The van der Waals surface area contributed by atoms with Gasteiger partial charge in [0.05, 0.1) is 5.75 Å². The van der Waals surface area contributed by atoms with Crippen molar-refractivity contribution in [3.63, 3.8) is 0 Å². The number of rotatable bonds is 4. The van der Waals surface area contributed by atoms with E-state index in [9.17, 15) is 4.79 Å². The summed E-state index contributed by atoms with van der Waals surface area (Å²) in [6, 6.07) is 8.03. The second-order valence-corrected chi connectivity index (χ2v) is 5.81. The lowest BCUT2D eigenvalue weighted by Crippen LogP contribution is -2.37. The van der Waals surface area contributed by atoms with E-state index < -0.39 is 0 Å². The minimum atomic E-state index is 0.142. The van der Waals surface area contributed by atoms with Crippen LogP contribution in [0.15, 0.2) is 29.2 Å². The van der Waals surface area contributed by atoms with Gasteiger partial charge in [0.1, 0.15) is 0 Å². The average Bonchev–Trinajstić information content (AvgIpc) is 2.39. The van der Waals surface area contributed by atoms with E-state index in [4.69, 9.17) is 5.73 Å². The van der Waals surface area contributed by atoms with E-state index in [0.29, 0.717) is 11.8 Å². The van der Waals surface area contributed by atoms with Crippen molar-refractivity contribution in [2.45, 2.75) is 43.0 Å². The molecule has 0 atom stereocenters. The number of hydrogen-bond acceptors (Lipinski definition) is 3. The molecule has 3 N–H and O–H groups in total. The number of benzene rings is 1. The maximum atomic E-state index is 11.8. The second kappa shape index (κ2) is 6.69. The van der Waals surface area contributed by atoms with Gasteiger partial charge in [-0.15, -0.1) is 11.8 Å². The Labute approximate surface area is 113 Å². The standard InChI is InChI=1S/C14H20N2OS/c15-11-6-8-13(9-7-11)18-10-14(17)16-12-4-2-1-3-5-12/h6-9,12H,1-5,10,15H2,(H,16,17). The molecule has 1 aromatic carbocycles. The highest BCUT2D eigenvalue weighted by Crippen LogP contribution is 2.20. The highest BCUT2D eigenvalue weighted by Gasteiger charge is 2.15. The van der Waals surface area contributed by atoms with Gasteiger partial charge in [0.2, 0.25) is 5.91 Å². The van der Waals surface area contributed by atoms with Crippen molar-refractivity contribution in [2.24, 2.45) is 0 Å². The normalized spacial score (nSPS) is 16.4. The van der Waals surface area contributed by atoms with Gasteiger partial charge in [0.15, 0.2) is 0 Å². The zero-order valence-corrected chi connectivity index (χ0v) is 11.3. The molecule has 3 nitrogen and oxygen atoms in total. The van der Waals surface area contributed by atoms with Gasteiger partial charge in [-0.3, -0.25) is 4.79 Å². The van der Waals surface area contributed by atoms with Crippen LogP contribution in [0.25, 0.3) is 0 Å². The average molecular weight is 264 g/mol. The molecular formula is C14H20N2OS. The molecule has 1 aliphatic rings. The van der Waals surface area contributed by atoms with Gasteiger partial charge in [-0.25, -0.2) is 0 Å². The quantitative estimate of drug-likeness (QED) is 0.649. The molecule has 1 fully saturated rings. The monoisotopic (exact) mass is 264 g/mol. The molecule has 1 amide bonds. The highest BCUT2D eigenvalue weighted by atomic mass is 32.2. The maximum Gasteiger partial charge on any atom is 0.230 e. The van der Waals surface area contributed by atoms with E-state index >= 15 is 0 Å². The summed E-state index contributed by atoms with van der Waals surface area (Å²) >= 11 is 1.56. The molecule has 98 valence electrons. The fourth-order valence-electron chi connectivity index (χ4n) is 2.23. The fourth-order valence-corrected chi connectivity index (χ4v) is 2.94. The van der Waals surface area contributed by atoms with E-state index in [1.54, 1.807) is 11.8 Å². The van der Waals surface area contributed by atoms with Crippen molar-refractivity contribution in [1.82, 2.24) is 5.32 Å². The SMILES string of the molecule is Nc1ccc(SCC(=O)NC2CCCCC2)cc1. The van der Waals surface area contributed by atoms with Crippen LogP contribution in [0, 0.1) is 0 Å². The van der Waals surface area contributed by atoms with Crippen LogP contribution in [0.4, 0.5) is 5.69 Å². The number of carbonyl (C=O) groups is 1. The third-order valence-electron chi connectivity index (χ3n) is 3.22. The van der Waals surface area contributed by atoms with Gasteiger partial charge in [-0.1, -0.05) is 19.3 Å². The Kier molecular flexibility index (Phi) is 4.93. The third kappa shape index (κ3) is 4.26. The highest BCUT2D eigenvalue weighted by molar-refractivity contribution is 8.00. The molecule has 0 saturated heterocycles. The number of anilines is 1. The molecule has 4 heteroatoms. The molecule has 0 unspecified atom stereocenters. The minimum absolute atomic E-state index is 0.142. The maximum absolute atomic E-state index is 11.8. The van der Waals surface area contributed by atoms with Crippen molar-refractivity contribution in [2.75, 3.05) is 11.5 Å². The molecule has 0 heterocycles. The smallest absolute Gasteiger partial charge is 0.230 e. The van der Waals surface area contributed by atoms with Crippen LogP contribution in [0.3, 0.4) is 0 Å². The summed E-state index contributed by atoms with van der Waals surface area (Å²) in [7, 11) is 0. The predicted octanol–water partition coefficient (Wildman–Crippen LogP) is 2.81. The third-order valence-corrected chi connectivity index (χ3v) is 4.23. The van der Waals surface area contributed by atoms with Gasteiger partial charge >= 0.3 is 0 Å². The van der Waals surface area contributed by atoms with Crippen molar-refractivity contribution in [3.05, 3.63) is 24.3 Å². The van der Waals surface area contributed by atoms with Gasteiger partial charge < -0.3 is 11.1 Å². The Bertz CT molecular complexity index is 385. The van der Waals surface area contributed by atoms with Crippen molar-refractivity contribution < 1.29 is 4.79 Å². The van der Waals surface area contributed by atoms with Gasteiger partial charge in [-0.05, 0) is 37.1 Å². The van der Waals surface area contributed by atoms with Crippen LogP contribution < -0.4 is 11.1 Å². The fraction of sp³-hybridized carbons (Fsp3) is 0.500. The summed E-state index contributed by atoms with van der Waals surface area (Å²) in [5.41, 5.74) is 6.37. The Morgan fingerprint density at radius 3 is 2.56 bits per heavy atom. The molecule has 1 aromatic rings. The van der Waals surface area contributed by atoms with Gasteiger partial charge in [0.25, 0.3) is 0 Å². The lowest BCUT2D eigenvalue weighted by molar-refractivity contribution is -0.119. The van der Waals surface area contributed by atoms with E-state index in [0.717, 1.165) is 23.4 Å². The van der Waals surface area contributed by atoms with Crippen molar-refractivity contribution >= 4 is 23.4 Å². The first-order valence-corrected chi connectivity index (χ1v) is 7.50. The molecule has 1 aliphatic carbocycles. The first kappa shape index (κ1) is 13.3. The zero-order valence-electron chi connectivity index (χ0n) is 10.5. The molecule has 0 radical (unpaired) electrons. The Balaban J connectivity index is 1.72. The largest absolute Gasteiger partial charge is 0.399 e. The van der Waals surface area contributed by atoms with Crippen molar-refractivity contribution in [3.8, 4) is 0 Å². The van der Waals surface area contributed by atoms with Crippen LogP contribution in [-0.2, 0) is 4.79 Å². The number of nitrogens with two attached hydrogens (primary N) is 1. The number of nitrogens with one attached hydrogen (secondary N) is 1. The predicted molar refractivity (Wildman–Crippen MR) is 76.6 cm³/mol. The number of thioether (sulfide) groups is 1. The molecule has 0 aromatic heterocycles. The Morgan fingerprint density at radius 1 is 1.22 bits per heavy atom. The molecule has 2 rings (SSSR count). The molecule has 18 heavy (non-hydrogen) atoms. The van der Waals surface area contributed by atoms with Crippen LogP contribution in [0.1, 0.15) is 32.1 Å². The minimum Gasteiger partial charge on any atom is -0.399 e. The first-order valence-electron chi connectivity index (χ1n) is 6.52. The van der Waals surface area contributed by atoms with E-state index in [2.05, 4.69) is 5.32 Å². The van der Waals surface area contributed by atoms with E-state index in [1.165, 1.54) is 19.3 Å². The van der Waals surface area contributed by atoms with Crippen LogP contribution in [-0.4, -0.2) is 17.7 Å². The summed E-state index contributed by atoms with van der Waals surface area (Å²) in [4.78, 5) is 12.9. The molecule has 0 bridgehead atoms. The zero-order chi connectivity index (χ0) is 12.8. The Hall–Kier alpha value is -1.16. The summed E-state index contributed by atoms with van der Waals surface area (Å²) in [6.45, 7) is 0. The summed E-state index contributed by atoms with van der Waals surface area (Å²) in [5, 5.41) is 3.12. The number of hydrogen-bond donors (Lipinski definition) is 2. The number of carbonyl (C=O) groups excluding carboxylic acids is 1. The van der Waals surface area contributed by atoms with Crippen LogP contribution in [0.2, 0.25) is 0 Å². The number of amides is 1. The lowest BCUT2D eigenvalue weighted by atomic mass is 9.95. The topological polar surface area (TPSA) is 55.1 Å². The Morgan fingerprint density at radius 2 is 1.89 bits per heavy atom. The number of nitrogen functional groups attached to an aromatic ring is 1. The molecule has 0 aliphatic heterocycles. The molecule has 1 saturated carbocycles. The van der Waals surface area contributed by atoms with Gasteiger partial charge in [-0.2, -0.15) is 0 Å². The van der Waals surface area contributed by atoms with Crippen LogP contribution in [0.5, 0.6) is 0 Å². The van der Waals surface area contributed by atoms with Crippen molar-refractivity contribution in [1.29, 1.82) is 0 Å². The molecule has 0 spiro atoms. The van der Waals surface area contributed by atoms with E-state index in [1.807, 2.05) is 24.3 Å². The first-order chi connectivity index (χ1) is 8.74. The summed E-state index contributed by atoms with van der Waals surface area (Å²) in [5.74, 6) is 0.629. The van der Waals surface area contributed by atoms with E-state index in [-0.39, 0.29) is 5.91 Å².